The molecule has 0 spiro atoms. The lowest BCUT2D eigenvalue weighted by Gasteiger charge is -2.48. The molecular weight excluding hydrogens is 176 g/mol. The normalized spacial score (nSPS) is 35.3. The second-order valence-electron chi connectivity index (χ2n) is 5.33. The van der Waals surface area contributed by atoms with Crippen molar-refractivity contribution in [2.45, 2.75) is 33.6 Å². The average Bonchev–Trinajstić information content (AvgIpc) is 2.09. The Kier molecular flexibility index (Phi) is 2.07. The number of allylic oxidation sites excluding steroid dienone is 1. The average molecular weight is 194 g/mol. The van der Waals surface area contributed by atoms with E-state index in [0.29, 0.717) is 18.1 Å². The van der Waals surface area contributed by atoms with Crippen LogP contribution in [-0.4, -0.2) is 17.5 Å². The van der Waals surface area contributed by atoms with Crippen LogP contribution >= 0.6 is 0 Å². The molecular formula is C12H18O2. The summed E-state index contributed by atoms with van der Waals surface area (Å²) >= 11 is 0. The van der Waals surface area contributed by atoms with Gasteiger partial charge in [-0.3, -0.25) is 4.79 Å². The predicted molar refractivity (Wildman–Crippen MR) is 54.8 cm³/mol. The lowest BCUT2D eigenvalue weighted by Crippen LogP contribution is -2.45. The Labute approximate surface area is 85.0 Å². The van der Waals surface area contributed by atoms with Crippen molar-refractivity contribution < 1.29 is 9.90 Å². The van der Waals surface area contributed by atoms with Gasteiger partial charge in [-0.05, 0) is 30.3 Å². The van der Waals surface area contributed by atoms with Gasteiger partial charge in [0.2, 0.25) is 0 Å². The number of ketones is 1. The van der Waals surface area contributed by atoms with Crippen molar-refractivity contribution in [1.82, 2.24) is 0 Å². The van der Waals surface area contributed by atoms with Gasteiger partial charge in [0, 0.05) is 12.3 Å². The van der Waals surface area contributed by atoms with Gasteiger partial charge in [0.25, 0.3) is 0 Å². The zero-order valence-electron chi connectivity index (χ0n) is 9.13. The summed E-state index contributed by atoms with van der Waals surface area (Å²) in [6, 6.07) is 0. The van der Waals surface area contributed by atoms with Crippen LogP contribution in [0, 0.1) is 17.3 Å². The fourth-order valence-electron chi connectivity index (χ4n) is 3.19. The smallest absolute Gasteiger partial charge is 0.140 e. The Hall–Kier alpha value is -0.630. The van der Waals surface area contributed by atoms with Crippen LogP contribution < -0.4 is 0 Å². The molecule has 0 heterocycles. The molecule has 1 fully saturated rings. The quantitative estimate of drug-likeness (QED) is 0.648. The first-order valence-electron chi connectivity index (χ1n) is 5.30. The summed E-state index contributed by atoms with van der Waals surface area (Å²) in [5.74, 6) is 0.714. The van der Waals surface area contributed by atoms with E-state index in [4.69, 9.17) is 0 Å². The molecule has 0 aromatic carbocycles. The molecule has 14 heavy (non-hydrogen) atoms. The van der Waals surface area contributed by atoms with Crippen molar-refractivity contribution in [2.75, 3.05) is 6.61 Å². The molecule has 0 saturated heterocycles. The second kappa shape index (κ2) is 2.93. The summed E-state index contributed by atoms with van der Waals surface area (Å²) in [5, 5.41) is 9.26. The molecule has 0 aliphatic heterocycles. The highest BCUT2D eigenvalue weighted by atomic mass is 16.3. The number of carbonyl (C=O) groups is 1. The Morgan fingerprint density at radius 2 is 2.14 bits per heavy atom. The highest BCUT2D eigenvalue weighted by Crippen LogP contribution is 2.52. The van der Waals surface area contributed by atoms with Gasteiger partial charge >= 0.3 is 0 Å². The van der Waals surface area contributed by atoms with Crippen molar-refractivity contribution >= 4 is 5.78 Å². The minimum atomic E-state index is 0.0139. The highest BCUT2D eigenvalue weighted by molar-refractivity contribution is 5.87. The molecule has 2 unspecified atom stereocenters. The summed E-state index contributed by atoms with van der Waals surface area (Å²) in [5.41, 5.74) is 2.51. The van der Waals surface area contributed by atoms with Crippen LogP contribution in [0.25, 0.3) is 0 Å². The van der Waals surface area contributed by atoms with Gasteiger partial charge in [0.1, 0.15) is 5.78 Å². The number of hydrogen-bond donors (Lipinski definition) is 1. The van der Waals surface area contributed by atoms with E-state index >= 15 is 0 Å². The van der Waals surface area contributed by atoms with Gasteiger partial charge in [-0.2, -0.15) is 0 Å². The number of rotatable bonds is 1. The first kappa shape index (κ1) is 9.91. The van der Waals surface area contributed by atoms with Gasteiger partial charge in [0.15, 0.2) is 0 Å². The fraction of sp³-hybridized carbons (Fsp3) is 0.750. The molecule has 0 radical (unpaired) electrons. The molecule has 0 amide bonds. The maximum absolute atomic E-state index is 11.7. The maximum atomic E-state index is 11.7. The van der Waals surface area contributed by atoms with Crippen molar-refractivity contribution in [2.24, 2.45) is 17.3 Å². The molecule has 1 N–H and O–H groups in total. The number of aliphatic hydroxyl groups is 1. The fourth-order valence-corrected chi connectivity index (χ4v) is 3.19. The Balaban J connectivity index is 2.47. The van der Waals surface area contributed by atoms with Crippen LogP contribution in [-0.2, 0) is 4.79 Å². The van der Waals surface area contributed by atoms with Gasteiger partial charge in [-0.1, -0.05) is 19.4 Å². The lowest BCUT2D eigenvalue weighted by molar-refractivity contribution is -0.129. The number of hydrogen-bond acceptors (Lipinski definition) is 2. The lowest BCUT2D eigenvalue weighted by atomic mass is 9.55. The highest BCUT2D eigenvalue weighted by Gasteiger charge is 2.48. The second-order valence-corrected chi connectivity index (χ2v) is 5.33. The van der Waals surface area contributed by atoms with E-state index in [1.807, 2.05) is 0 Å². The largest absolute Gasteiger partial charge is 0.392 e. The molecule has 3 aliphatic rings. The first-order valence-corrected chi connectivity index (χ1v) is 5.30. The molecule has 1 saturated carbocycles. The number of Topliss-reactive ketones (excluding diaryl/α,β-unsaturated/α-hetero) is 1. The zero-order valence-corrected chi connectivity index (χ0v) is 9.13. The molecule has 3 rings (SSSR count). The summed E-state index contributed by atoms with van der Waals surface area (Å²) in [7, 11) is 0. The van der Waals surface area contributed by atoms with Crippen LogP contribution in [0.15, 0.2) is 11.1 Å². The summed E-state index contributed by atoms with van der Waals surface area (Å²) in [4.78, 5) is 11.7. The Bertz CT molecular complexity index is 312. The maximum Gasteiger partial charge on any atom is 0.140 e. The minimum absolute atomic E-state index is 0.0139. The van der Waals surface area contributed by atoms with Gasteiger partial charge in [0.05, 0.1) is 6.61 Å². The molecule has 78 valence electrons. The van der Waals surface area contributed by atoms with E-state index in [0.717, 1.165) is 12.0 Å². The SMILES string of the molecule is CC1=C(CO)C2CC(C)(C)C1CC2=O. The topological polar surface area (TPSA) is 37.3 Å². The Morgan fingerprint density at radius 1 is 1.50 bits per heavy atom. The monoisotopic (exact) mass is 194 g/mol. The molecule has 2 heteroatoms. The zero-order chi connectivity index (χ0) is 10.5. The number of aliphatic hydroxyl groups excluding tert-OH is 1. The van der Waals surface area contributed by atoms with Crippen molar-refractivity contribution in [3.63, 3.8) is 0 Å². The van der Waals surface area contributed by atoms with E-state index in [2.05, 4.69) is 20.8 Å². The van der Waals surface area contributed by atoms with E-state index in [-0.39, 0.29) is 17.9 Å². The van der Waals surface area contributed by atoms with Gasteiger partial charge in [-0.15, -0.1) is 0 Å². The van der Waals surface area contributed by atoms with E-state index in [1.165, 1.54) is 5.57 Å². The Morgan fingerprint density at radius 3 is 2.71 bits per heavy atom. The van der Waals surface area contributed by atoms with E-state index < -0.39 is 0 Å². The number of carbonyl (C=O) groups excluding carboxylic acids is 1. The van der Waals surface area contributed by atoms with Crippen molar-refractivity contribution in [3.05, 3.63) is 11.1 Å². The van der Waals surface area contributed by atoms with Crippen molar-refractivity contribution in [1.29, 1.82) is 0 Å². The molecule has 0 aromatic rings. The molecule has 2 atom stereocenters. The predicted octanol–water partition coefficient (Wildman–Crippen LogP) is 1.93. The van der Waals surface area contributed by atoms with Crippen molar-refractivity contribution in [3.8, 4) is 0 Å². The van der Waals surface area contributed by atoms with Crippen LogP contribution in [0.4, 0.5) is 0 Å². The molecule has 3 aliphatic carbocycles. The van der Waals surface area contributed by atoms with Gasteiger partial charge < -0.3 is 5.11 Å². The van der Waals surface area contributed by atoms with E-state index in [1.54, 1.807) is 0 Å². The minimum Gasteiger partial charge on any atom is -0.392 e. The standard InChI is InChI=1S/C12H18O2/c1-7-9(6-13)8-5-12(2,3)10(7)4-11(8)14/h8,10,13H,4-6H2,1-3H3. The third kappa shape index (κ3) is 1.17. The first-order chi connectivity index (χ1) is 6.47. The molecule has 0 aromatic heterocycles. The third-order valence-electron chi connectivity index (χ3n) is 4.09. The van der Waals surface area contributed by atoms with Crippen LogP contribution in [0.5, 0.6) is 0 Å². The van der Waals surface area contributed by atoms with Gasteiger partial charge in [-0.25, -0.2) is 0 Å². The molecule has 2 nitrogen and oxygen atoms in total. The van der Waals surface area contributed by atoms with Crippen LogP contribution in [0.1, 0.15) is 33.6 Å². The van der Waals surface area contributed by atoms with Crippen LogP contribution in [0.3, 0.4) is 0 Å². The third-order valence-corrected chi connectivity index (χ3v) is 4.09. The summed E-state index contributed by atoms with van der Waals surface area (Å²) in [6.07, 6.45) is 1.61. The number of fused-ring (bicyclic) bond motifs is 2. The van der Waals surface area contributed by atoms with E-state index in [9.17, 15) is 9.90 Å². The summed E-state index contributed by atoms with van der Waals surface area (Å²) < 4.78 is 0. The van der Waals surface area contributed by atoms with Crippen LogP contribution in [0.2, 0.25) is 0 Å². The summed E-state index contributed by atoms with van der Waals surface area (Å²) in [6.45, 7) is 6.61. The molecule has 2 bridgehead atoms.